The van der Waals surface area contributed by atoms with Gasteiger partial charge in [-0.1, -0.05) is 63.1 Å². The zero-order valence-electron chi connectivity index (χ0n) is 41.0. The Labute approximate surface area is 401 Å². The minimum atomic E-state index is -3.25. The number of hydrogen-bond donors (Lipinski definition) is 1. The molecule has 4 fully saturated rings. The normalized spacial score (nSPS) is 22.2. The van der Waals surface area contributed by atoms with Gasteiger partial charge in [0.15, 0.2) is 0 Å². The van der Waals surface area contributed by atoms with Crippen molar-refractivity contribution < 1.29 is 41.5 Å². The van der Waals surface area contributed by atoms with Crippen molar-refractivity contribution in [3.8, 4) is 11.5 Å². The largest absolute Gasteiger partial charge is 0.508 e. The highest BCUT2D eigenvalue weighted by Gasteiger charge is 2.28. The Morgan fingerprint density at radius 1 is 0.552 bits per heavy atom. The Hall–Kier alpha value is -4.23. The van der Waals surface area contributed by atoms with Crippen LogP contribution >= 0.6 is 0 Å². The molecule has 0 bridgehead atoms. The van der Waals surface area contributed by atoms with Crippen LogP contribution in [0.25, 0.3) is 21.5 Å². The number of nitrogens with zero attached hydrogens (tertiary/aromatic N) is 2. The minimum absolute atomic E-state index is 0.0238. The van der Waals surface area contributed by atoms with Crippen LogP contribution in [0.15, 0.2) is 72.8 Å². The molecule has 0 spiro atoms. The summed E-state index contributed by atoms with van der Waals surface area (Å²) in [5.41, 5.74) is 2.59. The van der Waals surface area contributed by atoms with Crippen LogP contribution in [0.1, 0.15) is 129 Å². The first-order valence-electron chi connectivity index (χ1n) is 25.4. The molecule has 2 aliphatic heterocycles. The molecule has 0 atom stereocenters. The predicted octanol–water partition coefficient (Wildman–Crippen LogP) is 11.2. The van der Waals surface area contributed by atoms with Crippen molar-refractivity contribution in [3.63, 3.8) is 0 Å². The molecule has 4 aliphatic rings. The number of phenolic OH excluding ortho intramolecular Hbond substituents is 1. The molecule has 0 radical (unpaired) electrons. The molecule has 2 saturated heterocycles. The maximum atomic E-state index is 11.9. The molecule has 0 aromatic heterocycles. The number of aromatic hydroxyl groups is 1. The number of benzene rings is 4. The number of fused-ring (bicyclic) bond motifs is 2. The molecular weight excluding hydrogens is 865 g/mol. The van der Waals surface area contributed by atoms with Gasteiger partial charge >= 0.3 is 11.9 Å². The van der Waals surface area contributed by atoms with E-state index in [0.717, 1.165) is 125 Å². The average molecular weight is 943 g/mol. The van der Waals surface area contributed by atoms with Crippen molar-refractivity contribution in [2.24, 2.45) is 23.7 Å². The van der Waals surface area contributed by atoms with Crippen LogP contribution < -0.4 is 4.74 Å². The number of ether oxygens (including phenoxy) is 3. The van der Waals surface area contributed by atoms with Gasteiger partial charge in [0.1, 0.15) is 11.5 Å². The number of esters is 2. The molecule has 67 heavy (non-hydrogen) atoms. The Morgan fingerprint density at radius 3 is 1.42 bits per heavy atom. The SMILES string of the molecule is CCC1CCC(OS(C)(=O)=O)CC1.CCOC(=O)C1CCN(Cc2ccc3cc(O)ccc3c2)CC1.CCOC(=O)C1CCN(Cc2ccc3cc(OC4CCC(CC)CC4)ccc3c2)CC1. The monoisotopic (exact) mass is 943 g/mol. The third kappa shape index (κ3) is 16.8. The molecule has 2 saturated carbocycles. The van der Waals surface area contributed by atoms with Gasteiger partial charge in [-0.2, -0.15) is 8.42 Å². The highest BCUT2D eigenvalue weighted by Crippen LogP contribution is 2.32. The second-order valence-electron chi connectivity index (χ2n) is 19.3. The van der Waals surface area contributed by atoms with Gasteiger partial charge in [-0.15, -0.1) is 0 Å². The lowest BCUT2D eigenvalue weighted by molar-refractivity contribution is -0.150. The highest BCUT2D eigenvalue weighted by atomic mass is 32.2. The number of likely N-dealkylation sites (tertiary alicyclic amines) is 2. The molecule has 0 unspecified atom stereocenters. The first kappa shape index (κ1) is 52.1. The third-order valence-electron chi connectivity index (χ3n) is 14.3. The van der Waals surface area contributed by atoms with Crippen LogP contribution in [0.5, 0.6) is 11.5 Å². The summed E-state index contributed by atoms with van der Waals surface area (Å²) in [7, 11) is -3.25. The van der Waals surface area contributed by atoms with Gasteiger partial charge in [-0.05, 0) is 198 Å². The maximum absolute atomic E-state index is 11.9. The van der Waals surface area contributed by atoms with Crippen LogP contribution in [-0.4, -0.2) is 93.1 Å². The summed E-state index contributed by atoms with van der Waals surface area (Å²) >= 11 is 0. The van der Waals surface area contributed by atoms with E-state index >= 15 is 0 Å². The lowest BCUT2D eigenvalue weighted by atomic mass is 9.86. The Balaban J connectivity index is 0.000000180. The van der Waals surface area contributed by atoms with Gasteiger partial charge in [-0.3, -0.25) is 23.6 Å². The van der Waals surface area contributed by atoms with Crippen molar-refractivity contribution in [1.82, 2.24) is 9.80 Å². The summed E-state index contributed by atoms with van der Waals surface area (Å²) < 4.78 is 43.2. The number of rotatable bonds is 14. The second-order valence-corrected chi connectivity index (χ2v) is 20.9. The zero-order chi connectivity index (χ0) is 47.8. The van der Waals surface area contributed by atoms with Crippen LogP contribution in [0.2, 0.25) is 0 Å². The van der Waals surface area contributed by atoms with E-state index in [0.29, 0.717) is 25.1 Å². The Morgan fingerprint density at radius 2 is 0.970 bits per heavy atom. The molecule has 12 heteroatoms. The quantitative estimate of drug-likeness (QED) is 0.0957. The molecule has 2 aliphatic carbocycles. The van der Waals surface area contributed by atoms with E-state index < -0.39 is 10.1 Å². The van der Waals surface area contributed by atoms with Gasteiger partial charge in [0.2, 0.25) is 0 Å². The molecule has 368 valence electrons. The number of carbonyl (C=O) groups is 2. The molecule has 0 amide bonds. The smallest absolute Gasteiger partial charge is 0.309 e. The van der Waals surface area contributed by atoms with E-state index in [1.807, 2.05) is 19.9 Å². The van der Waals surface area contributed by atoms with Crippen molar-refractivity contribution in [2.45, 2.75) is 143 Å². The van der Waals surface area contributed by atoms with Crippen molar-refractivity contribution in [3.05, 3.63) is 83.9 Å². The summed E-state index contributed by atoms with van der Waals surface area (Å²) in [6, 6.07) is 25.0. The van der Waals surface area contributed by atoms with Gasteiger partial charge < -0.3 is 19.3 Å². The zero-order valence-corrected chi connectivity index (χ0v) is 41.8. The summed E-state index contributed by atoms with van der Waals surface area (Å²) in [6.45, 7) is 14.7. The van der Waals surface area contributed by atoms with Crippen LogP contribution in [-0.2, 0) is 46.5 Å². The molecular formula is C55H78N2O9S. The van der Waals surface area contributed by atoms with E-state index in [1.165, 1.54) is 60.4 Å². The summed E-state index contributed by atoms with van der Waals surface area (Å²) in [5.74, 6) is 3.04. The summed E-state index contributed by atoms with van der Waals surface area (Å²) in [6.07, 6.45) is 16.5. The van der Waals surface area contributed by atoms with Crippen LogP contribution in [0, 0.1) is 23.7 Å². The topological polar surface area (TPSA) is 132 Å². The van der Waals surface area contributed by atoms with E-state index in [1.54, 1.807) is 12.1 Å². The van der Waals surface area contributed by atoms with Crippen molar-refractivity contribution in [1.29, 1.82) is 0 Å². The second kappa shape index (κ2) is 25.9. The standard InChI is InChI=1S/C27H37NO3.C19H23NO3.C9H18O3S/c1-3-20-6-10-25(11-7-20)31-26-12-9-23-17-21(5-8-24(23)18-26)19-28-15-13-22(14-16-28)27(29)30-4-2;1-2-23-19(22)15-7-9-20(10-8-15)13-14-3-4-17-12-18(21)6-5-16(17)11-14;1-3-8-4-6-9(7-5-8)12-13(2,10)11/h5,8-9,12,17-18,20,22,25H,3-4,6-7,10-11,13-16,19H2,1-2H3;3-6,11-12,15,21H,2,7-10,13H2,1H3;8-9H,3-7H2,1-2H3. The third-order valence-corrected chi connectivity index (χ3v) is 15.0. The fourth-order valence-electron chi connectivity index (χ4n) is 10.3. The predicted molar refractivity (Wildman–Crippen MR) is 267 cm³/mol. The molecule has 1 N–H and O–H groups in total. The van der Waals surface area contributed by atoms with Gasteiger partial charge in [0.05, 0.1) is 43.5 Å². The first-order chi connectivity index (χ1) is 32.3. The van der Waals surface area contributed by atoms with Crippen LogP contribution in [0.3, 0.4) is 0 Å². The summed E-state index contributed by atoms with van der Waals surface area (Å²) in [4.78, 5) is 28.5. The van der Waals surface area contributed by atoms with E-state index in [9.17, 15) is 23.1 Å². The average Bonchev–Trinajstić information content (AvgIpc) is 3.33. The molecule has 2 heterocycles. The lowest BCUT2D eigenvalue weighted by Crippen LogP contribution is -2.36. The molecule has 11 nitrogen and oxygen atoms in total. The molecule has 4 aromatic carbocycles. The Bertz CT molecular complexity index is 2270. The maximum Gasteiger partial charge on any atom is 0.309 e. The first-order valence-corrected chi connectivity index (χ1v) is 27.2. The lowest BCUT2D eigenvalue weighted by Gasteiger charge is -2.30. The number of carbonyl (C=O) groups excluding carboxylic acids is 2. The highest BCUT2D eigenvalue weighted by molar-refractivity contribution is 7.86. The van der Waals surface area contributed by atoms with Crippen molar-refractivity contribution in [2.75, 3.05) is 45.6 Å². The van der Waals surface area contributed by atoms with Gasteiger partial charge in [0, 0.05) is 13.1 Å². The fraction of sp³-hybridized carbons (Fsp3) is 0.600. The summed E-state index contributed by atoms with van der Waals surface area (Å²) in [5, 5.41) is 14.2. The van der Waals surface area contributed by atoms with Gasteiger partial charge in [-0.25, -0.2) is 0 Å². The number of phenols is 1. The van der Waals surface area contributed by atoms with E-state index in [4.69, 9.17) is 18.4 Å². The van der Waals surface area contributed by atoms with Crippen LogP contribution in [0.4, 0.5) is 0 Å². The minimum Gasteiger partial charge on any atom is -0.508 e. The van der Waals surface area contributed by atoms with E-state index in [2.05, 4.69) is 78.2 Å². The van der Waals surface area contributed by atoms with E-state index in [-0.39, 0.29) is 29.9 Å². The number of hydrogen-bond acceptors (Lipinski definition) is 11. The molecule has 8 rings (SSSR count). The molecule has 4 aromatic rings. The number of piperidine rings is 2. The van der Waals surface area contributed by atoms with Gasteiger partial charge in [0.25, 0.3) is 10.1 Å². The fourth-order valence-corrected chi connectivity index (χ4v) is 10.9. The Kier molecular flexibility index (Phi) is 20.2. The van der Waals surface area contributed by atoms with Crippen molar-refractivity contribution >= 4 is 43.6 Å².